The lowest BCUT2D eigenvalue weighted by Crippen LogP contribution is -2.40. The fourth-order valence-corrected chi connectivity index (χ4v) is 1.99. The molecular weight excluding hydrogens is 221 g/mol. The molecule has 1 aromatic carbocycles. The van der Waals surface area contributed by atoms with Crippen molar-refractivity contribution in [2.24, 2.45) is 0 Å². The van der Waals surface area contributed by atoms with Gasteiger partial charge in [-0.2, -0.15) is 0 Å². The second kappa shape index (κ2) is 4.29. The molecule has 0 aliphatic carbocycles. The maximum Gasteiger partial charge on any atom is 0.866 e. The molecule has 6 heteroatoms. The van der Waals surface area contributed by atoms with E-state index >= 15 is 0 Å². The first-order valence-corrected chi connectivity index (χ1v) is 5.69. The quantitative estimate of drug-likeness (QED) is 0.763. The minimum absolute atomic E-state index is 0.231. The van der Waals surface area contributed by atoms with Gasteiger partial charge in [-0.05, 0) is 31.5 Å². The Morgan fingerprint density at radius 3 is 2.65 bits per heavy atom. The van der Waals surface area contributed by atoms with E-state index in [-0.39, 0.29) is 12.0 Å². The molecule has 2 aliphatic rings. The maximum absolute atomic E-state index is 11.7. The zero-order chi connectivity index (χ0) is 11.7. The fourth-order valence-electron chi connectivity index (χ4n) is 1.99. The molecule has 0 amide bonds. The van der Waals surface area contributed by atoms with Crippen LogP contribution in [0, 0.1) is 0 Å². The van der Waals surface area contributed by atoms with Crippen molar-refractivity contribution < 1.29 is 18.8 Å². The number of nitrogens with one attached hydrogen (secondary N) is 1. The summed E-state index contributed by atoms with van der Waals surface area (Å²) < 4.78 is 15.8. The van der Waals surface area contributed by atoms with E-state index in [1.165, 1.54) is 0 Å². The van der Waals surface area contributed by atoms with Gasteiger partial charge < -0.3 is 19.3 Å². The molecule has 2 aliphatic heterocycles. The minimum Gasteiger partial charge on any atom is -0.486 e. The predicted octanol–water partition coefficient (Wildman–Crippen LogP) is 0.738. The summed E-state index contributed by atoms with van der Waals surface area (Å²) in [7, 11) is -0.956. The molecule has 1 atom stereocenters. The van der Waals surface area contributed by atoms with Crippen molar-refractivity contribution in [3.05, 3.63) is 24.3 Å². The Labute approximate surface area is 99.2 Å². The maximum atomic E-state index is 11.7. The lowest BCUT2D eigenvalue weighted by molar-refractivity contribution is -0.138. The third-order valence-electron chi connectivity index (χ3n) is 2.85. The summed E-state index contributed by atoms with van der Waals surface area (Å²) in [5.74, 6) is 0.884. The Morgan fingerprint density at radius 1 is 1.35 bits per heavy atom. The van der Waals surface area contributed by atoms with Gasteiger partial charge in [-0.3, -0.25) is 4.79 Å². The van der Waals surface area contributed by atoms with Crippen LogP contribution in [-0.4, -0.2) is 25.9 Å². The average molecular weight is 233 g/mol. The molecule has 0 aromatic heterocycles. The third kappa shape index (κ3) is 2.08. The third-order valence-corrected chi connectivity index (χ3v) is 2.85. The van der Waals surface area contributed by atoms with Crippen molar-refractivity contribution in [3.63, 3.8) is 0 Å². The molecular formula is C11H12BNO4. The molecule has 3 rings (SSSR count). The standard InChI is InChI=1S/C11H12BNO4/c14-11(8-4-3-7-13-8)17-12-15-9-5-1-2-6-10(9)16-12/h1-2,5-6,8,13H,3-4,7H2/t8-/m0/s1. The largest absolute Gasteiger partial charge is 0.866 e. The van der Waals surface area contributed by atoms with Gasteiger partial charge in [0.1, 0.15) is 17.5 Å². The van der Waals surface area contributed by atoms with Crippen molar-refractivity contribution in [1.29, 1.82) is 0 Å². The summed E-state index contributed by atoms with van der Waals surface area (Å²) in [5.41, 5.74) is 0. The van der Waals surface area contributed by atoms with Gasteiger partial charge in [-0.1, -0.05) is 12.1 Å². The van der Waals surface area contributed by atoms with Crippen molar-refractivity contribution in [2.75, 3.05) is 6.54 Å². The van der Waals surface area contributed by atoms with Crippen LogP contribution in [0.25, 0.3) is 0 Å². The molecule has 1 fully saturated rings. The lowest BCUT2D eigenvalue weighted by Gasteiger charge is -2.10. The number of benzene rings is 1. The van der Waals surface area contributed by atoms with E-state index in [0.29, 0.717) is 11.5 Å². The van der Waals surface area contributed by atoms with Crippen molar-refractivity contribution >= 4 is 13.3 Å². The predicted molar refractivity (Wildman–Crippen MR) is 60.6 cm³/mol. The summed E-state index contributed by atoms with van der Waals surface area (Å²) in [4.78, 5) is 11.7. The second-order valence-electron chi connectivity index (χ2n) is 4.06. The summed E-state index contributed by atoms with van der Waals surface area (Å²) >= 11 is 0. The van der Waals surface area contributed by atoms with Crippen molar-refractivity contribution in [2.45, 2.75) is 18.9 Å². The normalized spacial score (nSPS) is 21.6. The van der Waals surface area contributed by atoms with Crippen molar-refractivity contribution in [1.82, 2.24) is 5.32 Å². The number of para-hydroxylation sites is 2. The first-order valence-electron chi connectivity index (χ1n) is 5.69. The summed E-state index contributed by atoms with van der Waals surface area (Å²) in [6.45, 7) is 0.854. The van der Waals surface area contributed by atoms with Crippen molar-refractivity contribution in [3.8, 4) is 11.5 Å². The highest BCUT2D eigenvalue weighted by Gasteiger charge is 2.41. The van der Waals surface area contributed by atoms with E-state index in [4.69, 9.17) is 14.0 Å². The number of hydrogen-bond donors (Lipinski definition) is 1. The highest BCUT2D eigenvalue weighted by Crippen LogP contribution is 2.32. The van der Waals surface area contributed by atoms with Crippen LogP contribution in [0.15, 0.2) is 24.3 Å². The lowest BCUT2D eigenvalue weighted by atomic mass is 10.2. The Kier molecular flexibility index (Phi) is 2.64. The van der Waals surface area contributed by atoms with Crippen LogP contribution >= 0.6 is 0 Å². The van der Waals surface area contributed by atoms with E-state index in [1.807, 2.05) is 12.1 Å². The van der Waals surface area contributed by atoms with Crippen LogP contribution in [0.5, 0.6) is 11.5 Å². The average Bonchev–Trinajstić information content (AvgIpc) is 2.97. The number of carbonyl (C=O) groups is 1. The molecule has 0 bridgehead atoms. The van der Waals surface area contributed by atoms with E-state index in [9.17, 15) is 4.79 Å². The molecule has 0 saturated carbocycles. The fraction of sp³-hybridized carbons (Fsp3) is 0.364. The first kappa shape index (κ1) is 10.5. The van der Waals surface area contributed by atoms with Gasteiger partial charge in [-0.25, -0.2) is 0 Å². The number of fused-ring (bicyclic) bond motifs is 1. The van der Waals surface area contributed by atoms with E-state index in [2.05, 4.69) is 5.32 Å². The summed E-state index contributed by atoms with van der Waals surface area (Å²) in [5, 5.41) is 3.07. The van der Waals surface area contributed by atoms with E-state index in [1.54, 1.807) is 12.1 Å². The van der Waals surface area contributed by atoms with Gasteiger partial charge in [0.2, 0.25) is 0 Å². The zero-order valence-electron chi connectivity index (χ0n) is 9.22. The van der Waals surface area contributed by atoms with Gasteiger partial charge in [0.05, 0.1) is 0 Å². The smallest absolute Gasteiger partial charge is 0.486 e. The van der Waals surface area contributed by atoms with Gasteiger partial charge in [0, 0.05) is 0 Å². The van der Waals surface area contributed by atoms with Crippen LogP contribution in [0.4, 0.5) is 0 Å². The van der Waals surface area contributed by atoms with E-state index < -0.39 is 7.32 Å². The molecule has 5 nitrogen and oxygen atoms in total. The number of hydrogen-bond acceptors (Lipinski definition) is 5. The monoisotopic (exact) mass is 233 g/mol. The molecule has 1 aromatic rings. The van der Waals surface area contributed by atoms with Gasteiger partial charge in [-0.15, -0.1) is 0 Å². The number of carbonyl (C=O) groups excluding carboxylic acids is 1. The van der Waals surface area contributed by atoms with Crippen LogP contribution in [0.2, 0.25) is 0 Å². The Hall–Kier alpha value is -1.69. The van der Waals surface area contributed by atoms with Crippen LogP contribution in [0.1, 0.15) is 12.8 Å². The summed E-state index contributed by atoms with van der Waals surface area (Å²) in [6, 6.07) is 7.00. The molecule has 0 unspecified atom stereocenters. The summed E-state index contributed by atoms with van der Waals surface area (Å²) in [6.07, 6.45) is 1.80. The molecule has 88 valence electrons. The van der Waals surface area contributed by atoms with Crippen LogP contribution in [0.3, 0.4) is 0 Å². The van der Waals surface area contributed by atoms with Crippen LogP contribution < -0.4 is 14.6 Å². The highest BCUT2D eigenvalue weighted by atomic mass is 16.8. The van der Waals surface area contributed by atoms with Gasteiger partial charge >= 0.3 is 13.3 Å². The second-order valence-corrected chi connectivity index (χ2v) is 4.06. The minimum atomic E-state index is -0.956. The molecule has 17 heavy (non-hydrogen) atoms. The molecule has 1 saturated heterocycles. The topological polar surface area (TPSA) is 56.8 Å². The van der Waals surface area contributed by atoms with E-state index in [0.717, 1.165) is 19.4 Å². The van der Waals surface area contributed by atoms with Crippen LogP contribution in [-0.2, 0) is 9.45 Å². The molecule has 1 N–H and O–H groups in total. The SMILES string of the molecule is O=C(OB1Oc2ccccc2O1)[C@@H]1CCCN1. The highest BCUT2D eigenvalue weighted by molar-refractivity contribution is 6.42. The first-order chi connectivity index (χ1) is 8.33. The van der Waals surface area contributed by atoms with Gasteiger partial charge in [0.15, 0.2) is 0 Å². The number of rotatable bonds is 2. The Morgan fingerprint density at radius 2 is 2.06 bits per heavy atom. The molecule has 0 spiro atoms. The molecule has 0 radical (unpaired) electrons. The zero-order valence-corrected chi connectivity index (χ0v) is 9.22. The van der Waals surface area contributed by atoms with Gasteiger partial charge in [0.25, 0.3) is 0 Å². The Balaban J connectivity index is 1.60. The Bertz CT molecular complexity index is 408. The molecule has 2 heterocycles.